The molecule has 1 N–H and O–H groups in total. The molecule has 0 unspecified atom stereocenters. The van der Waals surface area contributed by atoms with Crippen LogP contribution in [0.1, 0.15) is 6.92 Å². The number of carbonyl (C=O) groups excluding carboxylic acids is 1. The number of nitrogens with one attached hydrogen (secondary N) is 1. The molecule has 1 aromatic heterocycles. The standard InChI is InChI=1S/C13H13N3O3S2/c1-8(20-2)12(17)15-13-14-11(7-21-13)9-4-3-5-10(6-9)16(18)19/h3-8H,1-2H3,(H,14,15,17)/t8-/m1/s1. The van der Waals surface area contributed by atoms with Gasteiger partial charge in [0.15, 0.2) is 5.13 Å². The fraction of sp³-hybridized carbons (Fsp3) is 0.231. The van der Waals surface area contributed by atoms with Gasteiger partial charge in [0.1, 0.15) is 0 Å². The van der Waals surface area contributed by atoms with Gasteiger partial charge in [-0.15, -0.1) is 11.3 Å². The van der Waals surface area contributed by atoms with Crippen molar-refractivity contribution in [1.82, 2.24) is 4.98 Å². The molecule has 0 aliphatic heterocycles. The summed E-state index contributed by atoms with van der Waals surface area (Å²) in [6.07, 6.45) is 1.86. The summed E-state index contributed by atoms with van der Waals surface area (Å²) in [6.45, 7) is 1.81. The van der Waals surface area contributed by atoms with Crippen molar-refractivity contribution in [3.63, 3.8) is 0 Å². The molecule has 6 nitrogen and oxygen atoms in total. The summed E-state index contributed by atoms with van der Waals surface area (Å²) in [7, 11) is 0. The molecule has 1 amide bonds. The van der Waals surface area contributed by atoms with Gasteiger partial charge in [-0.25, -0.2) is 4.98 Å². The fourth-order valence-corrected chi connectivity index (χ4v) is 2.55. The smallest absolute Gasteiger partial charge is 0.270 e. The van der Waals surface area contributed by atoms with Crippen molar-refractivity contribution < 1.29 is 9.72 Å². The number of thiazole rings is 1. The molecule has 21 heavy (non-hydrogen) atoms. The molecule has 0 saturated heterocycles. The highest BCUT2D eigenvalue weighted by Crippen LogP contribution is 2.27. The molecular formula is C13H13N3O3S2. The Balaban J connectivity index is 2.18. The Hall–Kier alpha value is -1.93. The van der Waals surface area contributed by atoms with Gasteiger partial charge >= 0.3 is 0 Å². The Morgan fingerprint density at radius 3 is 2.95 bits per heavy atom. The highest BCUT2D eigenvalue weighted by molar-refractivity contribution is 7.99. The molecule has 0 fully saturated rings. The van der Waals surface area contributed by atoms with Crippen LogP contribution in [-0.4, -0.2) is 27.3 Å². The molecular weight excluding hydrogens is 310 g/mol. The number of hydrogen-bond donors (Lipinski definition) is 1. The van der Waals surface area contributed by atoms with Gasteiger partial charge in [-0.3, -0.25) is 14.9 Å². The minimum absolute atomic E-state index is 0.0158. The summed E-state index contributed by atoms with van der Waals surface area (Å²) in [5.74, 6) is -0.109. The number of aromatic nitrogens is 1. The van der Waals surface area contributed by atoms with Crippen LogP contribution in [0.3, 0.4) is 0 Å². The number of nitro groups is 1. The second-order valence-electron chi connectivity index (χ2n) is 4.21. The lowest BCUT2D eigenvalue weighted by Crippen LogP contribution is -2.21. The highest BCUT2D eigenvalue weighted by atomic mass is 32.2. The van der Waals surface area contributed by atoms with Crippen molar-refractivity contribution in [3.8, 4) is 11.3 Å². The maximum absolute atomic E-state index is 11.8. The fourth-order valence-electron chi connectivity index (χ4n) is 1.56. The van der Waals surface area contributed by atoms with Crippen LogP contribution in [0, 0.1) is 10.1 Å². The molecule has 0 bridgehead atoms. The predicted octanol–water partition coefficient (Wildman–Crippen LogP) is 3.41. The quantitative estimate of drug-likeness (QED) is 0.673. The Labute approximate surface area is 129 Å². The lowest BCUT2D eigenvalue weighted by atomic mass is 10.1. The maximum atomic E-state index is 11.8. The van der Waals surface area contributed by atoms with Crippen LogP contribution in [0.25, 0.3) is 11.3 Å². The monoisotopic (exact) mass is 323 g/mol. The van der Waals surface area contributed by atoms with Gasteiger partial charge in [0.25, 0.3) is 5.69 Å². The van der Waals surface area contributed by atoms with Crippen LogP contribution < -0.4 is 5.32 Å². The molecule has 0 aliphatic rings. The van der Waals surface area contributed by atoms with E-state index >= 15 is 0 Å². The summed E-state index contributed by atoms with van der Waals surface area (Å²) in [5, 5.41) is 15.6. The zero-order chi connectivity index (χ0) is 15.4. The van der Waals surface area contributed by atoms with Gasteiger partial charge in [0, 0.05) is 23.1 Å². The number of nitro benzene ring substituents is 1. The van der Waals surface area contributed by atoms with Crippen LogP contribution in [0.15, 0.2) is 29.6 Å². The zero-order valence-corrected chi connectivity index (χ0v) is 13.0. The third-order valence-electron chi connectivity index (χ3n) is 2.81. The van der Waals surface area contributed by atoms with Crippen molar-refractivity contribution in [1.29, 1.82) is 0 Å². The minimum atomic E-state index is -0.446. The van der Waals surface area contributed by atoms with Gasteiger partial charge in [0.2, 0.25) is 5.91 Å². The largest absolute Gasteiger partial charge is 0.301 e. The summed E-state index contributed by atoms with van der Waals surface area (Å²) < 4.78 is 0. The van der Waals surface area contributed by atoms with Crippen molar-refractivity contribution in [2.24, 2.45) is 0 Å². The first-order valence-corrected chi connectivity index (χ1v) is 8.22. The first kappa shape index (κ1) is 15.5. The number of non-ortho nitro benzene ring substituents is 1. The second-order valence-corrected chi connectivity index (χ2v) is 6.25. The molecule has 110 valence electrons. The minimum Gasteiger partial charge on any atom is -0.301 e. The van der Waals surface area contributed by atoms with Crippen molar-refractivity contribution >= 4 is 39.8 Å². The molecule has 0 aliphatic carbocycles. The lowest BCUT2D eigenvalue weighted by Gasteiger charge is -2.06. The first-order valence-electron chi connectivity index (χ1n) is 6.05. The summed E-state index contributed by atoms with van der Waals surface area (Å²) in [5.41, 5.74) is 1.27. The molecule has 0 radical (unpaired) electrons. The first-order chi connectivity index (χ1) is 10.0. The van der Waals surface area contributed by atoms with E-state index in [2.05, 4.69) is 10.3 Å². The van der Waals surface area contributed by atoms with Crippen molar-refractivity contribution in [3.05, 3.63) is 39.8 Å². The van der Waals surface area contributed by atoms with Crippen LogP contribution in [0.5, 0.6) is 0 Å². The van der Waals surface area contributed by atoms with Gasteiger partial charge in [-0.05, 0) is 13.2 Å². The molecule has 0 spiro atoms. The van der Waals surface area contributed by atoms with E-state index in [4.69, 9.17) is 0 Å². The number of thioether (sulfide) groups is 1. The Bertz CT molecular complexity index is 672. The van der Waals surface area contributed by atoms with E-state index in [1.165, 1.54) is 35.2 Å². The van der Waals surface area contributed by atoms with E-state index in [0.29, 0.717) is 16.4 Å². The van der Waals surface area contributed by atoms with E-state index < -0.39 is 4.92 Å². The average molecular weight is 323 g/mol. The van der Waals surface area contributed by atoms with Crippen molar-refractivity contribution in [2.75, 3.05) is 11.6 Å². The third-order valence-corrected chi connectivity index (χ3v) is 4.49. The normalized spacial score (nSPS) is 11.9. The molecule has 2 aromatic rings. The predicted molar refractivity (Wildman–Crippen MR) is 85.8 cm³/mol. The number of anilines is 1. The Morgan fingerprint density at radius 1 is 1.52 bits per heavy atom. The Kier molecular flexibility index (Phi) is 4.92. The van der Waals surface area contributed by atoms with Gasteiger partial charge in [-0.2, -0.15) is 11.8 Å². The summed E-state index contributed by atoms with van der Waals surface area (Å²) in [6, 6.07) is 6.25. The molecule has 8 heteroatoms. The van der Waals surface area contributed by atoms with E-state index in [-0.39, 0.29) is 16.8 Å². The Morgan fingerprint density at radius 2 is 2.29 bits per heavy atom. The SMILES string of the molecule is CS[C@H](C)C(=O)Nc1nc(-c2cccc([N+](=O)[O-])c2)cs1. The number of benzene rings is 1. The van der Waals surface area contributed by atoms with Crippen LogP contribution >= 0.6 is 23.1 Å². The van der Waals surface area contributed by atoms with Crippen LogP contribution in [0.2, 0.25) is 0 Å². The van der Waals surface area contributed by atoms with Gasteiger partial charge in [0.05, 0.1) is 15.9 Å². The topological polar surface area (TPSA) is 85.1 Å². The zero-order valence-electron chi connectivity index (χ0n) is 11.4. The highest BCUT2D eigenvalue weighted by Gasteiger charge is 2.14. The molecule has 1 aromatic carbocycles. The van der Waals surface area contributed by atoms with Gasteiger partial charge in [-0.1, -0.05) is 12.1 Å². The number of carbonyl (C=O) groups is 1. The maximum Gasteiger partial charge on any atom is 0.270 e. The lowest BCUT2D eigenvalue weighted by molar-refractivity contribution is -0.384. The number of rotatable bonds is 5. The number of hydrogen-bond acceptors (Lipinski definition) is 6. The second kappa shape index (κ2) is 6.68. The average Bonchev–Trinajstić information content (AvgIpc) is 2.95. The van der Waals surface area contributed by atoms with E-state index in [9.17, 15) is 14.9 Å². The van der Waals surface area contributed by atoms with E-state index in [1.54, 1.807) is 17.5 Å². The van der Waals surface area contributed by atoms with Gasteiger partial charge < -0.3 is 5.32 Å². The van der Waals surface area contributed by atoms with E-state index in [0.717, 1.165) is 0 Å². The number of nitrogens with zero attached hydrogens (tertiary/aromatic N) is 2. The molecule has 2 rings (SSSR count). The van der Waals surface area contributed by atoms with Crippen LogP contribution in [-0.2, 0) is 4.79 Å². The number of amides is 1. The van der Waals surface area contributed by atoms with E-state index in [1.807, 2.05) is 13.2 Å². The summed E-state index contributed by atoms with van der Waals surface area (Å²) >= 11 is 2.74. The van der Waals surface area contributed by atoms with Crippen molar-refractivity contribution in [2.45, 2.75) is 12.2 Å². The molecule has 1 heterocycles. The molecule has 1 atom stereocenters. The molecule has 0 saturated carbocycles. The third kappa shape index (κ3) is 3.79. The summed E-state index contributed by atoms with van der Waals surface area (Å²) in [4.78, 5) is 26.4. The van der Waals surface area contributed by atoms with Crippen LogP contribution in [0.4, 0.5) is 10.8 Å².